The lowest BCUT2D eigenvalue weighted by Crippen LogP contribution is -2.28. The molecular weight excluding hydrogens is 258 g/mol. The Morgan fingerprint density at radius 3 is 2.00 bits per heavy atom. The number of hydrogen-bond acceptors (Lipinski definition) is 2. The Morgan fingerprint density at radius 1 is 1.05 bits per heavy atom. The van der Waals surface area contributed by atoms with E-state index in [9.17, 15) is 5.11 Å². The minimum Gasteiger partial charge on any atom is -0.507 e. The van der Waals surface area contributed by atoms with Gasteiger partial charge in [0.1, 0.15) is 5.75 Å². The molecule has 0 aliphatic heterocycles. The second-order valence-electron chi connectivity index (χ2n) is 8.68. The largest absolute Gasteiger partial charge is 0.507 e. The molecule has 1 atom stereocenters. The molecule has 0 amide bonds. The highest BCUT2D eigenvalue weighted by atomic mass is 16.3. The Bertz CT molecular complexity index is 516. The first-order valence-electron chi connectivity index (χ1n) is 8.15. The number of benzene rings is 1. The maximum atomic E-state index is 10.8. The van der Waals surface area contributed by atoms with E-state index in [1.165, 1.54) is 24.8 Å². The van der Waals surface area contributed by atoms with Crippen molar-refractivity contribution in [3.8, 4) is 5.75 Å². The molecule has 0 spiro atoms. The number of rotatable bonds is 2. The van der Waals surface area contributed by atoms with Crippen LogP contribution in [0, 0.1) is 5.92 Å². The highest BCUT2D eigenvalue weighted by Gasteiger charge is 2.31. The Balaban J connectivity index is 2.57. The molecule has 2 nitrogen and oxygen atoms in total. The van der Waals surface area contributed by atoms with E-state index in [0.29, 0.717) is 11.7 Å². The maximum Gasteiger partial charge on any atom is 0.124 e. The fraction of sp³-hybridized carbons (Fsp3) is 0.684. The van der Waals surface area contributed by atoms with Crippen LogP contribution in [-0.2, 0) is 10.8 Å². The predicted molar refractivity (Wildman–Crippen MR) is 89.8 cm³/mol. The van der Waals surface area contributed by atoms with Crippen LogP contribution in [0.1, 0.15) is 83.5 Å². The van der Waals surface area contributed by atoms with Gasteiger partial charge in [-0.2, -0.15) is 0 Å². The summed E-state index contributed by atoms with van der Waals surface area (Å²) in [5.41, 5.74) is 9.65. The molecule has 1 fully saturated rings. The molecule has 1 aliphatic rings. The van der Waals surface area contributed by atoms with Crippen molar-refractivity contribution in [3.05, 3.63) is 28.8 Å². The minimum absolute atomic E-state index is 0.0397. The smallest absolute Gasteiger partial charge is 0.124 e. The average Bonchev–Trinajstić information content (AvgIpc) is 2.23. The number of aromatic hydroxyl groups is 1. The van der Waals surface area contributed by atoms with Crippen molar-refractivity contribution < 1.29 is 5.11 Å². The van der Waals surface area contributed by atoms with Gasteiger partial charge >= 0.3 is 0 Å². The first-order valence-corrected chi connectivity index (χ1v) is 8.15. The van der Waals surface area contributed by atoms with E-state index >= 15 is 0 Å². The fourth-order valence-electron chi connectivity index (χ4n) is 2.97. The molecular formula is C19H31NO. The van der Waals surface area contributed by atoms with Crippen LogP contribution < -0.4 is 5.73 Å². The lowest BCUT2D eigenvalue weighted by molar-refractivity contribution is 0.259. The SMILES string of the molecule is CC(C)(C)c1cc([C@@H](N)C2CCC2)c(O)c(C(C)(C)C)c1. The minimum atomic E-state index is -0.0839. The van der Waals surface area contributed by atoms with Crippen LogP contribution in [0.15, 0.2) is 12.1 Å². The highest BCUT2D eigenvalue weighted by Crippen LogP contribution is 2.44. The summed E-state index contributed by atoms with van der Waals surface area (Å²) in [4.78, 5) is 0. The third kappa shape index (κ3) is 3.26. The summed E-state index contributed by atoms with van der Waals surface area (Å²) in [6.45, 7) is 13.1. The summed E-state index contributed by atoms with van der Waals surface area (Å²) in [6.07, 6.45) is 3.64. The van der Waals surface area contributed by atoms with Crippen molar-refractivity contribution in [2.24, 2.45) is 11.7 Å². The monoisotopic (exact) mass is 289 g/mol. The van der Waals surface area contributed by atoms with Gasteiger partial charge in [-0.05, 0) is 46.8 Å². The second-order valence-corrected chi connectivity index (χ2v) is 8.68. The molecule has 0 aromatic heterocycles. The molecule has 1 aromatic carbocycles. The Morgan fingerprint density at radius 2 is 1.62 bits per heavy atom. The molecule has 0 saturated heterocycles. The van der Waals surface area contributed by atoms with Gasteiger partial charge in [0, 0.05) is 11.6 Å². The van der Waals surface area contributed by atoms with Gasteiger partial charge in [0.25, 0.3) is 0 Å². The van der Waals surface area contributed by atoms with Crippen molar-refractivity contribution in [3.63, 3.8) is 0 Å². The Hall–Kier alpha value is -1.02. The molecule has 2 rings (SSSR count). The van der Waals surface area contributed by atoms with Crippen molar-refractivity contribution >= 4 is 0 Å². The van der Waals surface area contributed by atoms with E-state index < -0.39 is 0 Å². The molecule has 0 heterocycles. The van der Waals surface area contributed by atoms with Gasteiger partial charge in [-0.3, -0.25) is 0 Å². The van der Waals surface area contributed by atoms with E-state index in [2.05, 4.69) is 53.7 Å². The van der Waals surface area contributed by atoms with Gasteiger partial charge in [0.15, 0.2) is 0 Å². The summed E-state index contributed by atoms with van der Waals surface area (Å²) in [5, 5.41) is 10.8. The lowest BCUT2D eigenvalue weighted by Gasteiger charge is -2.34. The molecule has 1 aromatic rings. The normalized spacial score (nSPS) is 18.4. The molecule has 3 N–H and O–H groups in total. The third-order valence-corrected chi connectivity index (χ3v) is 4.83. The van der Waals surface area contributed by atoms with Gasteiger partial charge in [0.2, 0.25) is 0 Å². The number of hydrogen-bond donors (Lipinski definition) is 2. The first kappa shape index (κ1) is 16.4. The Kier molecular flexibility index (Phi) is 4.14. The lowest BCUT2D eigenvalue weighted by atomic mass is 9.73. The van der Waals surface area contributed by atoms with Crippen LogP contribution >= 0.6 is 0 Å². The zero-order valence-electron chi connectivity index (χ0n) is 14.5. The summed E-state index contributed by atoms with van der Waals surface area (Å²) in [6, 6.07) is 4.25. The summed E-state index contributed by atoms with van der Waals surface area (Å²) in [5.74, 6) is 0.939. The second kappa shape index (κ2) is 5.31. The van der Waals surface area contributed by atoms with E-state index in [0.717, 1.165) is 11.1 Å². The van der Waals surface area contributed by atoms with Crippen LogP contribution in [0.5, 0.6) is 5.75 Å². The Labute approximate surface area is 129 Å². The zero-order valence-corrected chi connectivity index (χ0v) is 14.5. The summed E-state index contributed by atoms with van der Waals surface area (Å²) >= 11 is 0. The van der Waals surface area contributed by atoms with E-state index in [-0.39, 0.29) is 16.9 Å². The fourth-order valence-corrected chi connectivity index (χ4v) is 2.97. The van der Waals surface area contributed by atoms with Gasteiger partial charge in [-0.25, -0.2) is 0 Å². The van der Waals surface area contributed by atoms with Crippen LogP contribution in [0.2, 0.25) is 0 Å². The molecule has 0 radical (unpaired) electrons. The predicted octanol–water partition coefficient (Wildman–Crippen LogP) is 4.79. The molecule has 118 valence electrons. The van der Waals surface area contributed by atoms with Crippen LogP contribution in [0.4, 0.5) is 0 Å². The quantitative estimate of drug-likeness (QED) is 0.822. The molecule has 21 heavy (non-hydrogen) atoms. The van der Waals surface area contributed by atoms with Crippen molar-refractivity contribution in [1.29, 1.82) is 0 Å². The molecule has 1 saturated carbocycles. The van der Waals surface area contributed by atoms with E-state index in [1.807, 2.05) is 0 Å². The summed E-state index contributed by atoms with van der Waals surface area (Å²) < 4.78 is 0. The molecule has 0 bridgehead atoms. The third-order valence-electron chi connectivity index (χ3n) is 4.83. The molecule has 2 heteroatoms. The first-order chi connectivity index (χ1) is 9.51. The number of nitrogens with two attached hydrogens (primary N) is 1. The highest BCUT2D eigenvalue weighted by molar-refractivity contribution is 5.50. The maximum absolute atomic E-state index is 10.8. The van der Waals surface area contributed by atoms with Gasteiger partial charge < -0.3 is 10.8 Å². The van der Waals surface area contributed by atoms with Crippen LogP contribution in [0.3, 0.4) is 0 Å². The van der Waals surface area contributed by atoms with Crippen LogP contribution in [0.25, 0.3) is 0 Å². The van der Waals surface area contributed by atoms with Gasteiger partial charge in [-0.15, -0.1) is 0 Å². The summed E-state index contributed by atoms with van der Waals surface area (Å²) in [7, 11) is 0. The number of phenols is 1. The zero-order chi connectivity index (χ0) is 16.0. The van der Waals surface area contributed by atoms with Crippen molar-refractivity contribution in [2.45, 2.75) is 77.7 Å². The van der Waals surface area contributed by atoms with E-state index in [1.54, 1.807) is 0 Å². The average molecular weight is 289 g/mol. The van der Waals surface area contributed by atoms with Gasteiger partial charge in [-0.1, -0.05) is 54.0 Å². The van der Waals surface area contributed by atoms with E-state index in [4.69, 9.17) is 5.73 Å². The topological polar surface area (TPSA) is 46.2 Å². The van der Waals surface area contributed by atoms with Crippen molar-refractivity contribution in [1.82, 2.24) is 0 Å². The van der Waals surface area contributed by atoms with Crippen LogP contribution in [-0.4, -0.2) is 5.11 Å². The molecule has 1 aliphatic carbocycles. The van der Waals surface area contributed by atoms with Gasteiger partial charge in [0.05, 0.1) is 0 Å². The standard InChI is InChI=1S/C19H31NO/c1-18(2,3)13-10-14(16(20)12-8-7-9-12)17(21)15(11-13)19(4,5)6/h10-12,16,21H,7-9,20H2,1-6H3/t16-/m0/s1. The van der Waals surface area contributed by atoms with Crippen molar-refractivity contribution in [2.75, 3.05) is 0 Å². The molecule has 0 unspecified atom stereocenters. The number of phenolic OH excluding ortho intramolecular Hbond substituents is 1.